The molecule has 3 aromatic rings. The Morgan fingerprint density at radius 1 is 1.00 bits per heavy atom. The van der Waals surface area contributed by atoms with E-state index < -0.39 is 12.1 Å². The van der Waals surface area contributed by atoms with E-state index in [1.165, 1.54) is 0 Å². The first-order chi connectivity index (χ1) is 14.1. The van der Waals surface area contributed by atoms with Gasteiger partial charge in [0.2, 0.25) is 5.91 Å². The second-order valence-corrected chi connectivity index (χ2v) is 6.91. The van der Waals surface area contributed by atoms with Crippen LogP contribution >= 0.6 is 0 Å². The second-order valence-electron chi connectivity index (χ2n) is 6.91. The number of unbranched alkanes of at least 4 members (excludes halogenated alkanes) is 1. The summed E-state index contributed by atoms with van der Waals surface area (Å²) in [7, 11) is 0. The van der Waals surface area contributed by atoms with E-state index in [2.05, 4.69) is 5.32 Å². The Balaban J connectivity index is 1.66. The van der Waals surface area contributed by atoms with E-state index >= 15 is 0 Å². The average molecular weight is 391 g/mol. The van der Waals surface area contributed by atoms with Crippen LogP contribution in [0.4, 0.5) is 5.69 Å². The van der Waals surface area contributed by atoms with Gasteiger partial charge >= 0.3 is 5.97 Å². The summed E-state index contributed by atoms with van der Waals surface area (Å²) < 4.78 is 5.24. The lowest BCUT2D eigenvalue weighted by Crippen LogP contribution is -2.18. The topological polar surface area (TPSA) is 75.6 Å². The number of amides is 1. The highest BCUT2D eigenvalue weighted by Gasteiger charge is 2.17. The zero-order valence-electron chi connectivity index (χ0n) is 16.4. The number of carbonyl (C=O) groups is 2. The van der Waals surface area contributed by atoms with Crippen molar-refractivity contribution >= 4 is 28.3 Å². The van der Waals surface area contributed by atoms with Gasteiger partial charge in [0, 0.05) is 0 Å². The zero-order valence-corrected chi connectivity index (χ0v) is 16.4. The molecule has 0 saturated heterocycles. The van der Waals surface area contributed by atoms with Crippen LogP contribution in [-0.4, -0.2) is 23.6 Å². The van der Waals surface area contributed by atoms with Crippen molar-refractivity contribution in [3.05, 3.63) is 77.9 Å². The molecule has 1 amide bonds. The lowest BCUT2D eigenvalue weighted by atomic mass is 10.0. The quantitative estimate of drug-likeness (QED) is 0.425. The standard InChI is InChI=1S/C24H25NO4/c1-2-3-14-29-24(28)20-10-6-7-11-21(20)25-23(27)16-22(26)19-13-12-17-8-4-5-9-18(17)15-19/h4-13,15,22,26H,2-3,14,16H2,1H3,(H,25,27). The minimum atomic E-state index is -0.941. The normalized spacial score (nSPS) is 11.8. The van der Waals surface area contributed by atoms with Crippen molar-refractivity contribution in [1.82, 2.24) is 0 Å². The highest BCUT2D eigenvalue weighted by atomic mass is 16.5. The van der Waals surface area contributed by atoms with Crippen molar-refractivity contribution in [2.75, 3.05) is 11.9 Å². The summed E-state index contributed by atoms with van der Waals surface area (Å²) in [6.45, 7) is 2.36. The number of aliphatic hydroxyl groups is 1. The first-order valence-electron chi connectivity index (χ1n) is 9.81. The third kappa shape index (κ3) is 5.42. The number of para-hydroxylation sites is 1. The lowest BCUT2D eigenvalue weighted by Gasteiger charge is -2.14. The summed E-state index contributed by atoms with van der Waals surface area (Å²) in [5.74, 6) is -0.844. The fourth-order valence-corrected chi connectivity index (χ4v) is 3.07. The third-order valence-corrected chi connectivity index (χ3v) is 4.69. The monoisotopic (exact) mass is 391 g/mol. The summed E-state index contributed by atoms with van der Waals surface area (Å²) >= 11 is 0. The van der Waals surface area contributed by atoms with Crippen LogP contribution in [-0.2, 0) is 9.53 Å². The van der Waals surface area contributed by atoms with E-state index in [4.69, 9.17) is 4.74 Å². The largest absolute Gasteiger partial charge is 0.462 e. The van der Waals surface area contributed by atoms with Gasteiger partial charge in [-0.05, 0) is 41.0 Å². The number of hydrogen-bond acceptors (Lipinski definition) is 4. The van der Waals surface area contributed by atoms with E-state index in [9.17, 15) is 14.7 Å². The smallest absolute Gasteiger partial charge is 0.340 e. The zero-order chi connectivity index (χ0) is 20.6. The molecule has 0 aliphatic carbocycles. The van der Waals surface area contributed by atoms with Gasteiger partial charge in [-0.15, -0.1) is 0 Å². The number of ether oxygens (including phenoxy) is 1. The summed E-state index contributed by atoms with van der Waals surface area (Å²) in [6.07, 6.45) is 0.664. The number of benzene rings is 3. The third-order valence-electron chi connectivity index (χ3n) is 4.69. The SMILES string of the molecule is CCCCOC(=O)c1ccccc1NC(=O)CC(O)c1ccc2ccccc2c1. The van der Waals surface area contributed by atoms with E-state index in [0.717, 1.165) is 23.6 Å². The molecule has 0 aromatic heterocycles. The van der Waals surface area contributed by atoms with Crippen LogP contribution in [0.3, 0.4) is 0 Å². The Labute approximate surface area is 170 Å². The molecular weight excluding hydrogens is 366 g/mol. The van der Waals surface area contributed by atoms with Crippen molar-refractivity contribution in [2.24, 2.45) is 0 Å². The minimum absolute atomic E-state index is 0.114. The van der Waals surface area contributed by atoms with Crippen molar-refractivity contribution in [2.45, 2.75) is 32.3 Å². The van der Waals surface area contributed by atoms with E-state index in [1.54, 1.807) is 24.3 Å². The molecular formula is C24H25NO4. The van der Waals surface area contributed by atoms with Gasteiger partial charge < -0.3 is 15.2 Å². The molecule has 1 unspecified atom stereocenters. The molecule has 29 heavy (non-hydrogen) atoms. The predicted octanol–water partition coefficient (Wildman–Crippen LogP) is 4.86. The molecule has 3 aromatic carbocycles. The van der Waals surface area contributed by atoms with Gasteiger partial charge in [-0.1, -0.05) is 61.9 Å². The summed E-state index contributed by atoms with van der Waals surface area (Å²) in [6, 6.07) is 20.2. The number of anilines is 1. The molecule has 5 nitrogen and oxygen atoms in total. The maximum Gasteiger partial charge on any atom is 0.340 e. The van der Waals surface area contributed by atoms with E-state index in [-0.39, 0.29) is 12.3 Å². The van der Waals surface area contributed by atoms with Gasteiger partial charge in [-0.2, -0.15) is 0 Å². The number of nitrogens with one attached hydrogen (secondary N) is 1. The number of fused-ring (bicyclic) bond motifs is 1. The molecule has 1 atom stereocenters. The number of aliphatic hydroxyl groups excluding tert-OH is 1. The number of hydrogen-bond donors (Lipinski definition) is 2. The molecule has 3 rings (SSSR count). The van der Waals surface area contributed by atoms with Crippen LogP contribution in [0, 0.1) is 0 Å². The van der Waals surface area contributed by atoms with Crippen molar-refractivity contribution in [3.8, 4) is 0 Å². The molecule has 5 heteroatoms. The highest BCUT2D eigenvalue weighted by Crippen LogP contribution is 2.23. The van der Waals surface area contributed by atoms with E-state index in [0.29, 0.717) is 23.4 Å². The van der Waals surface area contributed by atoms with E-state index in [1.807, 2.05) is 49.4 Å². The number of esters is 1. The number of rotatable bonds is 8. The first-order valence-corrected chi connectivity index (χ1v) is 9.81. The van der Waals surface area contributed by atoms with Crippen molar-refractivity contribution in [3.63, 3.8) is 0 Å². The highest BCUT2D eigenvalue weighted by molar-refractivity contribution is 6.01. The van der Waals surface area contributed by atoms with Gasteiger partial charge in [0.15, 0.2) is 0 Å². The van der Waals surface area contributed by atoms with Crippen molar-refractivity contribution < 1.29 is 19.4 Å². The summed E-state index contributed by atoms with van der Waals surface area (Å²) in [5, 5.41) is 15.3. The van der Waals surface area contributed by atoms with Crippen LogP contribution < -0.4 is 5.32 Å². The number of carbonyl (C=O) groups excluding carboxylic acids is 2. The predicted molar refractivity (Wildman–Crippen MR) is 114 cm³/mol. The molecule has 0 spiro atoms. The molecule has 0 saturated carbocycles. The van der Waals surface area contributed by atoms with Gasteiger partial charge in [-0.3, -0.25) is 4.79 Å². The van der Waals surface area contributed by atoms with Gasteiger partial charge in [-0.25, -0.2) is 4.79 Å². The van der Waals surface area contributed by atoms with Crippen LogP contribution in [0.15, 0.2) is 66.7 Å². The Kier molecular flexibility index (Phi) is 6.98. The molecule has 0 bridgehead atoms. The molecule has 0 aliphatic heterocycles. The molecule has 0 heterocycles. The maximum absolute atomic E-state index is 12.5. The van der Waals surface area contributed by atoms with Gasteiger partial charge in [0.05, 0.1) is 30.4 Å². The summed E-state index contributed by atoms with van der Waals surface area (Å²) in [4.78, 5) is 24.7. The van der Waals surface area contributed by atoms with Crippen molar-refractivity contribution in [1.29, 1.82) is 0 Å². The van der Waals surface area contributed by atoms with Crippen LogP contribution in [0.1, 0.15) is 48.2 Å². The molecule has 0 aliphatic rings. The van der Waals surface area contributed by atoms with Gasteiger partial charge in [0.1, 0.15) is 0 Å². The molecule has 0 radical (unpaired) electrons. The Bertz CT molecular complexity index is 999. The van der Waals surface area contributed by atoms with Crippen LogP contribution in [0.2, 0.25) is 0 Å². The lowest BCUT2D eigenvalue weighted by molar-refractivity contribution is -0.118. The Morgan fingerprint density at radius 2 is 1.72 bits per heavy atom. The van der Waals surface area contributed by atoms with Crippen LogP contribution in [0.5, 0.6) is 0 Å². The fourth-order valence-electron chi connectivity index (χ4n) is 3.07. The molecule has 150 valence electrons. The molecule has 0 fully saturated rings. The Morgan fingerprint density at radius 3 is 2.52 bits per heavy atom. The van der Waals surface area contributed by atoms with Crippen LogP contribution in [0.25, 0.3) is 10.8 Å². The maximum atomic E-state index is 12.5. The summed E-state index contributed by atoms with van der Waals surface area (Å²) in [5.41, 5.74) is 1.35. The fraction of sp³-hybridized carbons (Fsp3) is 0.250. The molecule has 2 N–H and O–H groups in total. The Hall–Kier alpha value is -3.18. The second kappa shape index (κ2) is 9.85. The minimum Gasteiger partial charge on any atom is -0.462 e. The van der Waals surface area contributed by atoms with Gasteiger partial charge in [0.25, 0.3) is 0 Å². The first kappa shape index (κ1) is 20.6. The average Bonchev–Trinajstić information content (AvgIpc) is 2.73.